The van der Waals surface area contributed by atoms with Gasteiger partial charge in [0, 0.05) is 32.0 Å². The summed E-state index contributed by atoms with van der Waals surface area (Å²) in [7, 11) is 1.19. The summed E-state index contributed by atoms with van der Waals surface area (Å²) >= 11 is 0. The van der Waals surface area contributed by atoms with Crippen LogP contribution in [0, 0.1) is 0 Å². The Balaban J connectivity index is 1.35. The Kier molecular flexibility index (Phi) is 12.5. The number of nitrogens with one attached hydrogen (secondary N) is 2. The highest BCUT2D eigenvalue weighted by Gasteiger charge is 2.31. The number of benzene rings is 4. The van der Waals surface area contributed by atoms with Crippen LogP contribution >= 0.6 is 0 Å². The molecule has 1 fully saturated rings. The van der Waals surface area contributed by atoms with E-state index in [1.54, 1.807) is 50.5 Å². The number of rotatable bonds is 18. The van der Waals surface area contributed by atoms with E-state index >= 15 is 0 Å². The van der Waals surface area contributed by atoms with E-state index < -0.39 is 16.1 Å². The Morgan fingerprint density at radius 1 is 0.760 bits per heavy atom. The van der Waals surface area contributed by atoms with Crippen LogP contribution in [0.25, 0.3) is 0 Å². The predicted molar refractivity (Wildman–Crippen MR) is 192 cm³/mol. The Labute approximate surface area is 294 Å². The van der Waals surface area contributed by atoms with Gasteiger partial charge in [0.2, 0.25) is 21.8 Å². The van der Waals surface area contributed by atoms with Crippen molar-refractivity contribution in [2.75, 3.05) is 27.9 Å². The van der Waals surface area contributed by atoms with Gasteiger partial charge >= 0.3 is 0 Å². The summed E-state index contributed by atoms with van der Waals surface area (Å²) in [5.41, 5.74) is 3.58. The molecule has 5 rings (SSSR count). The van der Waals surface area contributed by atoms with E-state index in [4.69, 9.17) is 14.2 Å². The molecule has 0 bridgehead atoms. The van der Waals surface area contributed by atoms with Gasteiger partial charge in [-0.05, 0) is 84.3 Å². The second-order valence-corrected chi connectivity index (χ2v) is 14.1. The number of aryl methyl sites for hydroxylation is 1. The first-order valence-corrected chi connectivity index (χ1v) is 18.2. The molecule has 4 aromatic rings. The molecule has 0 heterocycles. The van der Waals surface area contributed by atoms with E-state index in [-0.39, 0.29) is 35.7 Å². The van der Waals surface area contributed by atoms with Crippen molar-refractivity contribution in [1.29, 1.82) is 0 Å². The molecule has 0 saturated heterocycles. The second kappa shape index (κ2) is 17.2. The molecule has 11 heteroatoms. The smallest absolute Gasteiger partial charge is 0.243 e. The molecular weight excluding hydrogens is 655 g/mol. The van der Waals surface area contributed by atoms with Crippen LogP contribution in [-0.4, -0.2) is 65.1 Å². The molecule has 0 radical (unpaired) electrons. The lowest BCUT2D eigenvalue weighted by Crippen LogP contribution is -2.50. The standard InChI is InChI=1S/C39H45N3O7S/c1-47-33-17-9-31(10-18-33)27-42(38(43)22-14-28-11-19-34(20-12-28)50(45,46)41-32-15-16-32)35(25-29-7-5-4-6-8-29)39(44)40-24-23-30-13-21-36(48-2)37(26-30)49-3/h4-13,17-21,26,32,35,41H,14-16,22-25,27H2,1-3H3,(H,40,44)/t35-/m0/s1. The van der Waals surface area contributed by atoms with Crippen molar-refractivity contribution in [3.63, 3.8) is 0 Å². The zero-order chi connectivity index (χ0) is 35.5. The average molecular weight is 700 g/mol. The number of carbonyl (C=O) groups excluding carboxylic acids is 2. The van der Waals surface area contributed by atoms with Crippen LogP contribution in [0.1, 0.15) is 41.5 Å². The molecule has 1 aliphatic rings. The van der Waals surface area contributed by atoms with Crippen molar-refractivity contribution in [3.8, 4) is 17.2 Å². The Morgan fingerprint density at radius 3 is 2.06 bits per heavy atom. The Hall–Kier alpha value is -4.87. The number of sulfonamides is 1. The summed E-state index contributed by atoms with van der Waals surface area (Å²) in [5, 5.41) is 3.08. The highest BCUT2D eigenvalue weighted by Crippen LogP contribution is 2.28. The quantitative estimate of drug-likeness (QED) is 0.149. The monoisotopic (exact) mass is 699 g/mol. The first kappa shape index (κ1) is 36.4. The van der Waals surface area contributed by atoms with Crippen molar-refractivity contribution in [3.05, 3.63) is 119 Å². The van der Waals surface area contributed by atoms with Crippen molar-refractivity contribution in [1.82, 2.24) is 14.9 Å². The largest absolute Gasteiger partial charge is 0.497 e. The van der Waals surface area contributed by atoms with Crippen molar-refractivity contribution < 1.29 is 32.2 Å². The lowest BCUT2D eigenvalue weighted by Gasteiger charge is -2.32. The summed E-state index contributed by atoms with van der Waals surface area (Å²) in [4.78, 5) is 30.1. The van der Waals surface area contributed by atoms with Crippen molar-refractivity contribution >= 4 is 21.8 Å². The maximum atomic E-state index is 14.2. The molecule has 4 aromatic carbocycles. The molecule has 2 amide bonds. The predicted octanol–water partition coefficient (Wildman–Crippen LogP) is 5.08. The number of carbonyl (C=O) groups is 2. The van der Waals surface area contributed by atoms with Crippen molar-refractivity contribution in [2.24, 2.45) is 0 Å². The zero-order valence-corrected chi connectivity index (χ0v) is 29.6. The highest BCUT2D eigenvalue weighted by atomic mass is 32.2. The molecule has 0 aromatic heterocycles. The molecule has 1 atom stereocenters. The number of hydrogen-bond donors (Lipinski definition) is 2. The van der Waals surface area contributed by atoms with Gasteiger partial charge in [0.15, 0.2) is 11.5 Å². The van der Waals surface area contributed by atoms with Gasteiger partial charge < -0.3 is 24.4 Å². The number of hydrogen-bond acceptors (Lipinski definition) is 7. The lowest BCUT2D eigenvalue weighted by atomic mass is 10.0. The fourth-order valence-corrected chi connectivity index (χ4v) is 6.99. The molecule has 264 valence electrons. The topological polar surface area (TPSA) is 123 Å². The minimum absolute atomic E-state index is 0.0148. The van der Waals surface area contributed by atoms with Gasteiger partial charge in [-0.15, -0.1) is 0 Å². The summed E-state index contributed by atoms with van der Waals surface area (Å²) in [5.74, 6) is 1.49. The minimum atomic E-state index is -3.57. The lowest BCUT2D eigenvalue weighted by molar-refractivity contribution is -0.141. The van der Waals surface area contributed by atoms with Crippen LogP contribution in [0.2, 0.25) is 0 Å². The van der Waals surface area contributed by atoms with E-state index in [0.717, 1.165) is 35.1 Å². The molecule has 1 aliphatic carbocycles. The van der Waals surface area contributed by atoms with Crippen LogP contribution < -0.4 is 24.2 Å². The SMILES string of the molecule is COc1ccc(CN(C(=O)CCc2ccc(S(=O)(=O)NC3CC3)cc2)[C@@H](Cc2ccccc2)C(=O)NCCc2ccc(OC)c(OC)c2)cc1. The number of amides is 2. The van der Waals surface area contributed by atoms with Gasteiger partial charge in [-0.2, -0.15) is 0 Å². The molecule has 10 nitrogen and oxygen atoms in total. The second-order valence-electron chi connectivity index (χ2n) is 12.3. The number of ether oxygens (including phenoxy) is 3. The van der Waals surface area contributed by atoms with E-state index in [0.29, 0.717) is 43.1 Å². The summed E-state index contributed by atoms with van der Waals surface area (Å²) in [6.45, 7) is 0.572. The molecule has 50 heavy (non-hydrogen) atoms. The van der Waals surface area contributed by atoms with Gasteiger partial charge in [0.05, 0.1) is 26.2 Å². The van der Waals surface area contributed by atoms with Crippen molar-refractivity contribution in [2.45, 2.75) is 62.0 Å². The first-order chi connectivity index (χ1) is 24.2. The molecule has 2 N–H and O–H groups in total. The summed E-state index contributed by atoms with van der Waals surface area (Å²) < 4.78 is 44.1. The van der Waals surface area contributed by atoms with E-state index in [1.807, 2.05) is 72.8 Å². The summed E-state index contributed by atoms with van der Waals surface area (Å²) in [6, 6.07) is 28.6. The van der Waals surface area contributed by atoms with Gasteiger partial charge in [-0.25, -0.2) is 13.1 Å². The molecule has 0 unspecified atom stereocenters. The van der Waals surface area contributed by atoms with Gasteiger partial charge in [-0.3, -0.25) is 9.59 Å². The fraction of sp³-hybridized carbons (Fsp3) is 0.333. The van der Waals surface area contributed by atoms with Crippen LogP contribution in [0.3, 0.4) is 0 Å². The highest BCUT2D eigenvalue weighted by molar-refractivity contribution is 7.89. The third kappa shape index (κ3) is 10.1. The first-order valence-electron chi connectivity index (χ1n) is 16.7. The maximum absolute atomic E-state index is 14.2. The molecule has 1 saturated carbocycles. The third-order valence-electron chi connectivity index (χ3n) is 8.70. The molecular formula is C39H45N3O7S. The zero-order valence-electron chi connectivity index (χ0n) is 28.8. The molecule has 0 aliphatic heterocycles. The Morgan fingerprint density at radius 2 is 1.42 bits per heavy atom. The minimum Gasteiger partial charge on any atom is -0.497 e. The normalized spacial score (nSPS) is 13.3. The van der Waals surface area contributed by atoms with Gasteiger partial charge in [-0.1, -0.05) is 60.7 Å². The average Bonchev–Trinajstić information content (AvgIpc) is 3.96. The third-order valence-corrected chi connectivity index (χ3v) is 10.2. The van der Waals surface area contributed by atoms with Gasteiger partial charge in [0.1, 0.15) is 11.8 Å². The van der Waals surface area contributed by atoms with E-state index in [9.17, 15) is 18.0 Å². The maximum Gasteiger partial charge on any atom is 0.243 e. The van der Waals surface area contributed by atoms with Crippen LogP contribution in [0.15, 0.2) is 102 Å². The number of methoxy groups -OCH3 is 3. The van der Waals surface area contributed by atoms with Crippen LogP contribution in [0.4, 0.5) is 0 Å². The number of nitrogens with zero attached hydrogens (tertiary/aromatic N) is 1. The molecule has 0 spiro atoms. The Bertz CT molecular complexity index is 1830. The fourth-order valence-electron chi connectivity index (χ4n) is 5.68. The summed E-state index contributed by atoms with van der Waals surface area (Å²) in [6.07, 6.45) is 3.10. The van der Waals surface area contributed by atoms with E-state index in [2.05, 4.69) is 10.0 Å². The van der Waals surface area contributed by atoms with Crippen LogP contribution in [-0.2, 0) is 45.4 Å². The van der Waals surface area contributed by atoms with Gasteiger partial charge in [0.25, 0.3) is 0 Å². The van der Waals surface area contributed by atoms with Crippen LogP contribution in [0.5, 0.6) is 17.2 Å². The van der Waals surface area contributed by atoms with E-state index in [1.165, 1.54) is 0 Å².